The lowest BCUT2D eigenvalue weighted by atomic mass is 9.93. The molecule has 2 rings (SSSR count). The van der Waals surface area contributed by atoms with E-state index in [2.05, 4.69) is 27.1 Å². The first-order valence-electron chi connectivity index (χ1n) is 8.49. The lowest BCUT2D eigenvalue weighted by molar-refractivity contribution is 0.0838. The molecule has 1 aromatic rings. The van der Waals surface area contributed by atoms with Gasteiger partial charge in [-0.1, -0.05) is 6.92 Å². The van der Waals surface area contributed by atoms with E-state index in [1.807, 2.05) is 13.8 Å². The highest BCUT2D eigenvalue weighted by Gasteiger charge is 2.27. The lowest BCUT2D eigenvalue weighted by Gasteiger charge is -2.37. The molecule has 0 spiro atoms. The summed E-state index contributed by atoms with van der Waals surface area (Å²) in [6.45, 7) is 10.8. The van der Waals surface area contributed by atoms with Gasteiger partial charge < -0.3 is 15.0 Å². The molecule has 0 aliphatic carbocycles. The molecule has 23 heavy (non-hydrogen) atoms. The molecule has 1 fully saturated rings. The second-order valence-electron chi connectivity index (χ2n) is 6.24. The summed E-state index contributed by atoms with van der Waals surface area (Å²) in [7, 11) is 0. The van der Waals surface area contributed by atoms with E-state index in [4.69, 9.17) is 4.74 Å². The summed E-state index contributed by atoms with van der Waals surface area (Å²) in [5.41, 5.74) is 1.21. The molecule has 128 valence electrons. The number of aryl methyl sites for hydroxylation is 1. The number of amides is 1. The lowest BCUT2D eigenvalue weighted by Crippen LogP contribution is -2.50. The number of likely N-dealkylation sites (tertiary alicyclic amines) is 1. The summed E-state index contributed by atoms with van der Waals surface area (Å²) in [6.07, 6.45) is 5.20. The highest BCUT2D eigenvalue weighted by Crippen LogP contribution is 2.17. The predicted molar refractivity (Wildman–Crippen MR) is 89.4 cm³/mol. The third-order valence-corrected chi connectivity index (χ3v) is 4.29. The van der Waals surface area contributed by atoms with Gasteiger partial charge in [0, 0.05) is 45.1 Å². The van der Waals surface area contributed by atoms with Crippen LogP contribution in [0.15, 0.2) is 12.4 Å². The number of nitrogens with one attached hydrogen (secondary N) is 1. The molecule has 0 bridgehead atoms. The highest BCUT2D eigenvalue weighted by molar-refractivity contribution is 5.92. The standard InChI is InChI=1S/C17H28N4O2/c1-4-23-9-5-7-21-8-6-15(13(2)12-21)20-17(22)16-11-18-14(3)10-19-16/h10-11,13,15H,4-9,12H2,1-3H3,(H,20,22)/t13-,15+/m0/s1. The monoisotopic (exact) mass is 320 g/mol. The molecule has 6 nitrogen and oxygen atoms in total. The van der Waals surface area contributed by atoms with Crippen molar-refractivity contribution in [2.45, 2.75) is 39.7 Å². The fourth-order valence-corrected chi connectivity index (χ4v) is 2.94. The van der Waals surface area contributed by atoms with Crippen molar-refractivity contribution < 1.29 is 9.53 Å². The fraction of sp³-hybridized carbons (Fsp3) is 0.706. The molecule has 1 amide bonds. The van der Waals surface area contributed by atoms with Gasteiger partial charge in [0.1, 0.15) is 5.69 Å². The number of hydrogen-bond donors (Lipinski definition) is 1. The zero-order valence-corrected chi connectivity index (χ0v) is 14.4. The van der Waals surface area contributed by atoms with Crippen molar-refractivity contribution in [3.8, 4) is 0 Å². The third-order valence-electron chi connectivity index (χ3n) is 4.29. The molecule has 1 aromatic heterocycles. The first kappa shape index (κ1) is 17.8. The summed E-state index contributed by atoms with van der Waals surface area (Å²) in [5, 5.41) is 3.11. The molecule has 1 saturated heterocycles. The second kappa shape index (κ2) is 8.93. The van der Waals surface area contributed by atoms with E-state index >= 15 is 0 Å². The van der Waals surface area contributed by atoms with Crippen LogP contribution in [0.25, 0.3) is 0 Å². The van der Waals surface area contributed by atoms with Gasteiger partial charge in [-0.2, -0.15) is 0 Å². The van der Waals surface area contributed by atoms with Gasteiger partial charge >= 0.3 is 0 Å². The van der Waals surface area contributed by atoms with Gasteiger partial charge in [-0.25, -0.2) is 4.98 Å². The molecule has 2 heterocycles. The predicted octanol–water partition coefficient (Wildman–Crippen LogP) is 1.65. The number of carbonyl (C=O) groups excluding carboxylic acids is 1. The molecule has 0 unspecified atom stereocenters. The van der Waals surface area contributed by atoms with Crippen LogP contribution in [0, 0.1) is 12.8 Å². The van der Waals surface area contributed by atoms with Crippen LogP contribution in [0.4, 0.5) is 0 Å². The molecular weight excluding hydrogens is 292 g/mol. The van der Waals surface area contributed by atoms with Crippen LogP contribution in [-0.2, 0) is 4.74 Å². The highest BCUT2D eigenvalue weighted by atomic mass is 16.5. The number of ether oxygens (including phenoxy) is 1. The van der Waals surface area contributed by atoms with Crippen molar-refractivity contribution in [1.82, 2.24) is 20.2 Å². The van der Waals surface area contributed by atoms with Crippen LogP contribution in [0.2, 0.25) is 0 Å². The normalized spacial score (nSPS) is 22.0. The third kappa shape index (κ3) is 5.55. The Hall–Kier alpha value is -1.53. The van der Waals surface area contributed by atoms with E-state index in [0.29, 0.717) is 11.6 Å². The summed E-state index contributed by atoms with van der Waals surface area (Å²) in [5.74, 6) is 0.303. The maximum absolute atomic E-state index is 12.3. The Kier molecular flexibility index (Phi) is 6.92. The zero-order valence-electron chi connectivity index (χ0n) is 14.4. The van der Waals surface area contributed by atoms with Crippen molar-refractivity contribution in [3.05, 3.63) is 23.8 Å². The topological polar surface area (TPSA) is 67.3 Å². The smallest absolute Gasteiger partial charge is 0.271 e. The Balaban J connectivity index is 1.77. The molecule has 0 radical (unpaired) electrons. The quantitative estimate of drug-likeness (QED) is 0.774. The van der Waals surface area contributed by atoms with Crippen LogP contribution in [-0.4, -0.2) is 59.7 Å². The van der Waals surface area contributed by atoms with Gasteiger partial charge in [0.2, 0.25) is 0 Å². The molecule has 0 aromatic carbocycles. The summed E-state index contributed by atoms with van der Waals surface area (Å²) < 4.78 is 5.39. The first-order valence-corrected chi connectivity index (χ1v) is 8.49. The molecule has 0 saturated carbocycles. The number of piperidine rings is 1. The Morgan fingerprint density at radius 1 is 1.43 bits per heavy atom. The molecule has 1 N–H and O–H groups in total. The van der Waals surface area contributed by atoms with E-state index in [-0.39, 0.29) is 11.9 Å². The number of nitrogens with zero attached hydrogens (tertiary/aromatic N) is 3. The van der Waals surface area contributed by atoms with E-state index < -0.39 is 0 Å². The van der Waals surface area contributed by atoms with Crippen molar-refractivity contribution in [2.24, 2.45) is 5.92 Å². The van der Waals surface area contributed by atoms with Crippen LogP contribution < -0.4 is 5.32 Å². The average molecular weight is 320 g/mol. The van der Waals surface area contributed by atoms with Gasteiger partial charge in [-0.15, -0.1) is 0 Å². The molecule has 1 aliphatic heterocycles. The van der Waals surface area contributed by atoms with E-state index in [9.17, 15) is 4.79 Å². The van der Waals surface area contributed by atoms with E-state index in [1.165, 1.54) is 6.20 Å². The number of rotatable bonds is 7. The minimum atomic E-state index is -0.126. The summed E-state index contributed by atoms with van der Waals surface area (Å²) in [4.78, 5) is 23.0. The van der Waals surface area contributed by atoms with Crippen molar-refractivity contribution in [2.75, 3.05) is 32.8 Å². The van der Waals surface area contributed by atoms with E-state index in [1.54, 1.807) is 6.20 Å². The minimum Gasteiger partial charge on any atom is -0.382 e. The average Bonchev–Trinajstić information content (AvgIpc) is 2.54. The molecule has 1 aliphatic rings. The van der Waals surface area contributed by atoms with Crippen LogP contribution in [0.5, 0.6) is 0 Å². The Morgan fingerprint density at radius 3 is 2.91 bits per heavy atom. The van der Waals surface area contributed by atoms with Crippen LogP contribution >= 0.6 is 0 Å². The fourth-order valence-electron chi connectivity index (χ4n) is 2.94. The van der Waals surface area contributed by atoms with Crippen molar-refractivity contribution in [3.63, 3.8) is 0 Å². The van der Waals surface area contributed by atoms with Gasteiger partial charge in [-0.05, 0) is 32.6 Å². The zero-order chi connectivity index (χ0) is 16.7. The van der Waals surface area contributed by atoms with Gasteiger partial charge in [0.15, 0.2) is 0 Å². The summed E-state index contributed by atoms with van der Waals surface area (Å²) in [6, 6.07) is 0.203. The van der Waals surface area contributed by atoms with Gasteiger partial charge in [0.05, 0.1) is 11.9 Å². The number of hydrogen-bond acceptors (Lipinski definition) is 5. The van der Waals surface area contributed by atoms with Gasteiger partial charge in [0.25, 0.3) is 5.91 Å². The largest absolute Gasteiger partial charge is 0.382 e. The maximum Gasteiger partial charge on any atom is 0.271 e. The Bertz CT molecular complexity index is 492. The molecule has 6 heteroatoms. The Morgan fingerprint density at radius 2 is 2.26 bits per heavy atom. The van der Waals surface area contributed by atoms with E-state index in [0.717, 1.165) is 51.4 Å². The number of aromatic nitrogens is 2. The second-order valence-corrected chi connectivity index (χ2v) is 6.24. The van der Waals surface area contributed by atoms with Crippen molar-refractivity contribution >= 4 is 5.91 Å². The maximum atomic E-state index is 12.3. The molecule has 2 atom stereocenters. The minimum absolute atomic E-state index is 0.126. The van der Waals surface area contributed by atoms with Crippen LogP contribution in [0.3, 0.4) is 0 Å². The Labute approximate surface area is 138 Å². The first-order chi connectivity index (χ1) is 11.1. The SMILES string of the molecule is CCOCCCN1CC[C@@H](NC(=O)c2cnc(C)cn2)[C@@H](C)C1. The van der Waals surface area contributed by atoms with Crippen LogP contribution in [0.1, 0.15) is 42.9 Å². The molecular formula is C17H28N4O2. The summed E-state index contributed by atoms with van der Waals surface area (Å²) >= 11 is 0. The number of carbonyl (C=O) groups is 1. The van der Waals surface area contributed by atoms with Crippen molar-refractivity contribution in [1.29, 1.82) is 0 Å². The van der Waals surface area contributed by atoms with Gasteiger partial charge in [-0.3, -0.25) is 9.78 Å².